The molecule has 3 rings (SSSR count). The van der Waals surface area contributed by atoms with E-state index < -0.39 is 0 Å². The van der Waals surface area contributed by atoms with E-state index >= 15 is 0 Å². The quantitative estimate of drug-likeness (QED) is 0.735. The summed E-state index contributed by atoms with van der Waals surface area (Å²) in [6.07, 6.45) is 3.18. The second kappa shape index (κ2) is 9.97. The van der Waals surface area contributed by atoms with E-state index in [9.17, 15) is 9.59 Å². The third-order valence-corrected chi connectivity index (χ3v) is 4.67. The average Bonchev–Trinajstić information content (AvgIpc) is 2.77. The molecule has 1 aromatic carbocycles. The number of piperazine rings is 1. The summed E-state index contributed by atoms with van der Waals surface area (Å²) in [4.78, 5) is 32.9. The lowest BCUT2D eigenvalue weighted by molar-refractivity contribution is 0.0535. The van der Waals surface area contributed by atoms with Crippen LogP contribution in [-0.4, -0.2) is 74.1 Å². The molecule has 9 heteroatoms. The second-order valence-corrected chi connectivity index (χ2v) is 6.24. The summed E-state index contributed by atoms with van der Waals surface area (Å²) in [5, 5.41) is 0. The number of nitrogens with zero attached hydrogens (tertiary/aromatic N) is 3. The minimum absolute atomic E-state index is 0. The summed E-state index contributed by atoms with van der Waals surface area (Å²) in [6, 6.07) is 6.74. The van der Waals surface area contributed by atoms with Gasteiger partial charge in [0.2, 0.25) is 5.75 Å². The van der Waals surface area contributed by atoms with Crippen LogP contribution in [0.25, 0.3) is 0 Å². The van der Waals surface area contributed by atoms with Gasteiger partial charge in [0, 0.05) is 44.1 Å². The van der Waals surface area contributed by atoms with Gasteiger partial charge in [-0.05, 0) is 24.3 Å². The van der Waals surface area contributed by atoms with E-state index in [4.69, 9.17) is 14.2 Å². The highest BCUT2D eigenvalue weighted by molar-refractivity contribution is 5.96. The van der Waals surface area contributed by atoms with E-state index in [1.165, 1.54) is 21.3 Å². The fourth-order valence-corrected chi connectivity index (χ4v) is 3.17. The summed E-state index contributed by atoms with van der Waals surface area (Å²) in [6.45, 7) is 1.82. The molecule has 1 saturated heterocycles. The molecule has 1 aromatic heterocycles. The molecule has 0 spiro atoms. The maximum atomic E-state index is 12.9. The molecule has 29 heavy (non-hydrogen) atoms. The first kappa shape index (κ1) is 22.3. The van der Waals surface area contributed by atoms with Crippen LogP contribution in [0.15, 0.2) is 36.7 Å². The molecule has 2 aromatic rings. The lowest BCUT2D eigenvalue weighted by Gasteiger charge is -2.35. The van der Waals surface area contributed by atoms with E-state index in [0.29, 0.717) is 54.6 Å². The molecule has 1 aliphatic heterocycles. The predicted octanol–water partition coefficient (Wildman–Crippen LogP) is 2.13. The molecule has 0 saturated carbocycles. The van der Waals surface area contributed by atoms with Crippen LogP contribution in [0.1, 0.15) is 20.7 Å². The van der Waals surface area contributed by atoms with Gasteiger partial charge in [0.15, 0.2) is 11.5 Å². The van der Waals surface area contributed by atoms with Gasteiger partial charge >= 0.3 is 0 Å². The number of methoxy groups -OCH3 is 3. The first-order chi connectivity index (χ1) is 13.6. The Morgan fingerprint density at radius 2 is 1.38 bits per heavy atom. The zero-order chi connectivity index (χ0) is 20.1. The lowest BCUT2D eigenvalue weighted by atomic mass is 10.1. The van der Waals surface area contributed by atoms with Crippen molar-refractivity contribution in [1.29, 1.82) is 0 Å². The lowest BCUT2D eigenvalue weighted by Crippen LogP contribution is -2.50. The molecule has 0 aliphatic carbocycles. The smallest absolute Gasteiger partial charge is 0.255 e. The van der Waals surface area contributed by atoms with Crippen molar-refractivity contribution < 1.29 is 23.8 Å². The van der Waals surface area contributed by atoms with Crippen LogP contribution in [-0.2, 0) is 0 Å². The number of benzene rings is 1. The fourth-order valence-electron chi connectivity index (χ4n) is 3.17. The van der Waals surface area contributed by atoms with Crippen molar-refractivity contribution in [1.82, 2.24) is 14.8 Å². The highest BCUT2D eigenvalue weighted by Crippen LogP contribution is 2.38. The number of ether oxygens (including phenoxy) is 3. The number of carbonyl (C=O) groups is 2. The summed E-state index contributed by atoms with van der Waals surface area (Å²) in [5.41, 5.74) is 0.994. The van der Waals surface area contributed by atoms with Gasteiger partial charge in [-0.1, -0.05) is 0 Å². The van der Waals surface area contributed by atoms with Gasteiger partial charge < -0.3 is 24.0 Å². The number of rotatable bonds is 5. The number of aromatic nitrogens is 1. The SMILES string of the molecule is COc1cc(C(=O)N2CCN(C(=O)c3cccnc3)CC2)cc(OC)c1OC.Cl. The molecule has 8 nitrogen and oxygen atoms in total. The number of hydrogen-bond donors (Lipinski definition) is 0. The fraction of sp³-hybridized carbons (Fsp3) is 0.350. The average molecular weight is 422 g/mol. The van der Waals surface area contributed by atoms with Crippen LogP contribution in [0.3, 0.4) is 0 Å². The highest BCUT2D eigenvalue weighted by Gasteiger charge is 2.27. The summed E-state index contributed by atoms with van der Waals surface area (Å²) >= 11 is 0. The third kappa shape index (κ3) is 4.71. The maximum absolute atomic E-state index is 12.9. The van der Waals surface area contributed by atoms with E-state index in [0.717, 1.165) is 0 Å². The monoisotopic (exact) mass is 421 g/mol. The topological polar surface area (TPSA) is 81.2 Å². The Morgan fingerprint density at radius 3 is 1.79 bits per heavy atom. The maximum Gasteiger partial charge on any atom is 0.255 e. The third-order valence-electron chi connectivity index (χ3n) is 4.67. The molecule has 1 fully saturated rings. The van der Waals surface area contributed by atoms with Crippen molar-refractivity contribution in [2.24, 2.45) is 0 Å². The molecule has 156 valence electrons. The first-order valence-electron chi connectivity index (χ1n) is 8.87. The van der Waals surface area contributed by atoms with Crippen LogP contribution < -0.4 is 14.2 Å². The molecule has 0 N–H and O–H groups in total. The number of halogens is 1. The Labute approximate surface area is 175 Å². The number of amides is 2. The zero-order valence-electron chi connectivity index (χ0n) is 16.6. The number of hydrogen-bond acceptors (Lipinski definition) is 6. The minimum atomic E-state index is -0.146. The highest BCUT2D eigenvalue weighted by atomic mass is 35.5. The predicted molar refractivity (Wildman–Crippen MR) is 109 cm³/mol. The molecule has 0 unspecified atom stereocenters. The van der Waals surface area contributed by atoms with Crippen LogP contribution in [0.5, 0.6) is 17.2 Å². The van der Waals surface area contributed by atoms with Gasteiger partial charge in [0.25, 0.3) is 11.8 Å². The molecular formula is C20H24ClN3O5. The van der Waals surface area contributed by atoms with Gasteiger partial charge in [0.05, 0.1) is 26.9 Å². The van der Waals surface area contributed by atoms with Crippen LogP contribution in [0.2, 0.25) is 0 Å². The Bertz CT molecular complexity index is 829. The Kier molecular flexibility index (Phi) is 7.67. The standard InChI is InChI=1S/C20H23N3O5.ClH/c1-26-16-11-15(12-17(27-2)18(16)28-3)20(25)23-9-7-22(8-10-23)19(24)14-5-4-6-21-13-14;/h4-6,11-13H,7-10H2,1-3H3;1H. The largest absolute Gasteiger partial charge is 0.493 e. The van der Waals surface area contributed by atoms with Gasteiger partial charge in [0.1, 0.15) is 0 Å². The van der Waals surface area contributed by atoms with Crippen LogP contribution in [0, 0.1) is 0 Å². The van der Waals surface area contributed by atoms with Crippen molar-refractivity contribution in [3.05, 3.63) is 47.8 Å². The Balaban J connectivity index is 0.00000300. The summed E-state index contributed by atoms with van der Waals surface area (Å²) in [7, 11) is 4.53. The van der Waals surface area contributed by atoms with Gasteiger partial charge in [-0.15, -0.1) is 12.4 Å². The molecule has 0 atom stereocenters. The molecule has 1 aliphatic rings. The molecule has 2 heterocycles. The molecular weight excluding hydrogens is 398 g/mol. The van der Waals surface area contributed by atoms with E-state index in [1.807, 2.05) is 0 Å². The Morgan fingerprint density at radius 1 is 0.862 bits per heavy atom. The summed E-state index contributed by atoms with van der Waals surface area (Å²) in [5.74, 6) is 1.07. The number of pyridine rings is 1. The van der Waals surface area contributed by atoms with Gasteiger partial charge in [-0.2, -0.15) is 0 Å². The molecule has 2 amide bonds. The normalized spacial score (nSPS) is 13.3. The van der Waals surface area contributed by atoms with Crippen molar-refractivity contribution in [2.45, 2.75) is 0 Å². The summed E-state index contributed by atoms with van der Waals surface area (Å²) < 4.78 is 15.9. The van der Waals surface area contributed by atoms with E-state index in [1.54, 1.807) is 46.5 Å². The first-order valence-corrected chi connectivity index (χ1v) is 8.87. The molecule has 0 bridgehead atoms. The van der Waals surface area contributed by atoms with Gasteiger partial charge in [-0.25, -0.2) is 0 Å². The van der Waals surface area contributed by atoms with Crippen molar-refractivity contribution in [2.75, 3.05) is 47.5 Å². The van der Waals surface area contributed by atoms with E-state index in [2.05, 4.69) is 4.98 Å². The van der Waals surface area contributed by atoms with Crippen LogP contribution >= 0.6 is 12.4 Å². The number of carbonyl (C=O) groups excluding carboxylic acids is 2. The van der Waals surface area contributed by atoms with Crippen LogP contribution in [0.4, 0.5) is 0 Å². The Hall–Kier alpha value is -3.00. The van der Waals surface area contributed by atoms with Crippen molar-refractivity contribution in [3.8, 4) is 17.2 Å². The van der Waals surface area contributed by atoms with E-state index in [-0.39, 0.29) is 24.2 Å². The molecule has 0 radical (unpaired) electrons. The second-order valence-electron chi connectivity index (χ2n) is 6.24. The zero-order valence-corrected chi connectivity index (χ0v) is 17.4. The van der Waals surface area contributed by atoms with Crippen molar-refractivity contribution in [3.63, 3.8) is 0 Å². The van der Waals surface area contributed by atoms with Crippen molar-refractivity contribution >= 4 is 24.2 Å². The minimum Gasteiger partial charge on any atom is -0.493 e. The van der Waals surface area contributed by atoms with Gasteiger partial charge in [-0.3, -0.25) is 14.6 Å².